The first-order chi connectivity index (χ1) is 7.99. The molecule has 0 aliphatic heterocycles. The topological polar surface area (TPSA) is 69.9 Å². The lowest BCUT2D eigenvalue weighted by molar-refractivity contribution is 0.964. The van der Waals surface area contributed by atoms with Gasteiger partial charge in [-0.1, -0.05) is 17.7 Å². The molecular formula is C12H14N4S. The average molecular weight is 246 g/mol. The molecule has 17 heavy (non-hydrogen) atoms. The van der Waals surface area contributed by atoms with Gasteiger partial charge in [0.25, 0.3) is 0 Å². The molecule has 0 fully saturated rings. The van der Waals surface area contributed by atoms with E-state index in [1.165, 1.54) is 5.56 Å². The van der Waals surface area contributed by atoms with Gasteiger partial charge >= 0.3 is 0 Å². The summed E-state index contributed by atoms with van der Waals surface area (Å²) >= 11 is 5.19. The Bertz CT molecular complexity index is 631. The minimum absolute atomic E-state index is 0.341. The van der Waals surface area contributed by atoms with Crippen LogP contribution in [0.5, 0.6) is 0 Å². The van der Waals surface area contributed by atoms with E-state index in [0.717, 1.165) is 11.3 Å². The molecule has 2 aromatic rings. The number of nitrogens with two attached hydrogens (primary N) is 2. The van der Waals surface area contributed by atoms with Gasteiger partial charge < -0.3 is 11.5 Å². The number of benzene rings is 1. The summed E-state index contributed by atoms with van der Waals surface area (Å²) in [5.41, 5.74) is 14.8. The van der Waals surface area contributed by atoms with E-state index in [1.54, 1.807) is 10.6 Å². The smallest absolute Gasteiger partial charge is 0.207 e. The van der Waals surface area contributed by atoms with Gasteiger partial charge in [0.2, 0.25) is 4.77 Å². The number of anilines is 2. The standard InChI is InChI=1S/C12H14N4S/c1-7-3-4-9(8(2)5-7)16-11(14)6-10(13)15-12(16)17/h3-6H,14H2,1-2H3,(H2,13,15,17). The molecule has 0 unspecified atom stereocenters. The zero-order chi connectivity index (χ0) is 12.6. The molecule has 1 aromatic carbocycles. The fourth-order valence-corrected chi connectivity index (χ4v) is 2.13. The van der Waals surface area contributed by atoms with Gasteiger partial charge in [-0.3, -0.25) is 4.57 Å². The van der Waals surface area contributed by atoms with E-state index in [-0.39, 0.29) is 0 Å². The molecule has 0 amide bonds. The minimum atomic E-state index is 0.341. The molecular weight excluding hydrogens is 232 g/mol. The molecule has 0 atom stereocenters. The van der Waals surface area contributed by atoms with Crippen molar-refractivity contribution in [2.75, 3.05) is 11.5 Å². The van der Waals surface area contributed by atoms with Crippen LogP contribution in [0.15, 0.2) is 24.3 Å². The molecule has 0 saturated carbocycles. The Morgan fingerprint density at radius 1 is 1.18 bits per heavy atom. The van der Waals surface area contributed by atoms with Gasteiger partial charge in [-0.2, -0.15) is 0 Å². The maximum atomic E-state index is 5.94. The summed E-state index contributed by atoms with van der Waals surface area (Å²) in [6.07, 6.45) is 0. The molecule has 2 rings (SSSR count). The summed E-state index contributed by atoms with van der Waals surface area (Å²) in [5.74, 6) is 0.836. The first-order valence-electron chi connectivity index (χ1n) is 5.21. The third-order valence-electron chi connectivity index (χ3n) is 2.56. The van der Waals surface area contributed by atoms with Crippen LogP contribution in [0.25, 0.3) is 5.69 Å². The Balaban J connectivity index is 2.73. The average Bonchev–Trinajstić information content (AvgIpc) is 2.19. The second kappa shape index (κ2) is 4.18. The summed E-state index contributed by atoms with van der Waals surface area (Å²) < 4.78 is 2.09. The highest BCUT2D eigenvalue weighted by atomic mass is 32.1. The van der Waals surface area contributed by atoms with Crippen LogP contribution >= 0.6 is 12.2 Å². The molecule has 0 saturated heterocycles. The van der Waals surface area contributed by atoms with Gasteiger partial charge in [0, 0.05) is 6.07 Å². The lowest BCUT2D eigenvalue weighted by Gasteiger charge is -2.13. The van der Waals surface area contributed by atoms with Crippen molar-refractivity contribution < 1.29 is 0 Å². The number of rotatable bonds is 1. The maximum absolute atomic E-state index is 5.94. The Kier molecular flexibility index (Phi) is 2.85. The van der Waals surface area contributed by atoms with Gasteiger partial charge in [0.05, 0.1) is 5.69 Å². The van der Waals surface area contributed by atoms with Crippen molar-refractivity contribution in [1.29, 1.82) is 0 Å². The van der Waals surface area contributed by atoms with E-state index in [4.69, 9.17) is 23.7 Å². The first-order valence-corrected chi connectivity index (χ1v) is 5.62. The van der Waals surface area contributed by atoms with Crippen LogP contribution in [-0.2, 0) is 0 Å². The third kappa shape index (κ3) is 2.14. The van der Waals surface area contributed by atoms with E-state index >= 15 is 0 Å². The van der Waals surface area contributed by atoms with Crippen molar-refractivity contribution in [3.8, 4) is 5.69 Å². The molecule has 0 bridgehead atoms. The summed E-state index contributed by atoms with van der Waals surface area (Å²) in [5, 5.41) is 0. The Labute approximate surface area is 105 Å². The molecule has 88 valence electrons. The summed E-state index contributed by atoms with van der Waals surface area (Å²) in [7, 11) is 0. The zero-order valence-electron chi connectivity index (χ0n) is 9.77. The SMILES string of the molecule is Cc1ccc(-n2c(N)cc(N)nc2=S)c(C)c1. The van der Waals surface area contributed by atoms with Crippen LogP contribution in [0.1, 0.15) is 11.1 Å². The number of hydrogen-bond acceptors (Lipinski definition) is 4. The predicted molar refractivity (Wildman–Crippen MR) is 72.7 cm³/mol. The molecule has 0 aliphatic rings. The van der Waals surface area contributed by atoms with Crippen molar-refractivity contribution in [1.82, 2.24) is 9.55 Å². The monoisotopic (exact) mass is 246 g/mol. The van der Waals surface area contributed by atoms with Crippen LogP contribution in [0.3, 0.4) is 0 Å². The van der Waals surface area contributed by atoms with Gasteiger partial charge in [-0.05, 0) is 37.7 Å². The first kappa shape index (κ1) is 11.6. The van der Waals surface area contributed by atoms with Crippen LogP contribution in [0, 0.1) is 18.6 Å². The number of hydrogen-bond donors (Lipinski definition) is 2. The van der Waals surface area contributed by atoms with Crippen molar-refractivity contribution in [3.05, 3.63) is 40.2 Å². The Morgan fingerprint density at radius 3 is 2.47 bits per heavy atom. The molecule has 0 radical (unpaired) electrons. The van der Waals surface area contributed by atoms with E-state index < -0.39 is 0 Å². The summed E-state index contributed by atoms with van der Waals surface area (Å²) in [6.45, 7) is 4.06. The highest BCUT2D eigenvalue weighted by molar-refractivity contribution is 7.71. The summed E-state index contributed by atoms with van der Waals surface area (Å²) in [4.78, 5) is 4.05. The van der Waals surface area contributed by atoms with Gasteiger partial charge in [0.1, 0.15) is 11.6 Å². The number of aromatic nitrogens is 2. The minimum Gasteiger partial charge on any atom is -0.385 e. The molecule has 1 heterocycles. The lowest BCUT2D eigenvalue weighted by atomic mass is 10.1. The summed E-state index contributed by atoms with van der Waals surface area (Å²) in [6, 6.07) is 7.68. The van der Waals surface area contributed by atoms with E-state index in [2.05, 4.69) is 11.1 Å². The normalized spacial score (nSPS) is 10.5. The molecule has 1 aromatic heterocycles. The van der Waals surface area contributed by atoms with Crippen LogP contribution < -0.4 is 11.5 Å². The second-order valence-electron chi connectivity index (χ2n) is 4.01. The highest BCUT2D eigenvalue weighted by Crippen LogP contribution is 2.20. The van der Waals surface area contributed by atoms with Crippen molar-refractivity contribution in [2.45, 2.75) is 13.8 Å². The number of nitrogens with zero attached hydrogens (tertiary/aromatic N) is 2. The Hall–Kier alpha value is -1.88. The van der Waals surface area contributed by atoms with Crippen molar-refractivity contribution >= 4 is 23.9 Å². The van der Waals surface area contributed by atoms with Gasteiger partial charge in [-0.15, -0.1) is 0 Å². The van der Waals surface area contributed by atoms with Crippen molar-refractivity contribution in [2.24, 2.45) is 0 Å². The lowest BCUT2D eigenvalue weighted by Crippen LogP contribution is -2.09. The largest absolute Gasteiger partial charge is 0.385 e. The van der Waals surface area contributed by atoms with Gasteiger partial charge in [0.15, 0.2) is 0 Å². The molecule has 4 nitrogen and oxygen atoms in total. The third-order valence-corrected chi connectivity index (χ3v) is 2.84. The van der Waals surface area contributed by atoms with E-state index in [9.17, 15) is 0 Å². The van der Waals surface area contributed by atoms with Crippen LogP contribution in [-0.4, -0.2) is 9.55 Å². The van der Waals surface area contributed by atoms with Crippen LogP contribution in [0.2, 0.25) is 0 Å². The van der Waals surface area contributed by atoms with E-state index in [1.807, 2.05) is 26.0 Å². The number of aryl methyl sites for hydroxylation is 2. The van der Waals surface area contributed by atoms with Gasteiger partial charge in [-0.25, -0.2) is 4.98 Å². The number of nitrogen functional groups attached to an aromatic ring is 2. The Morgan fingerprint density at radius 2 is 1.88 bits per heavy atom. The second-order valence-corrected chi connectivity index (χ2v) is 4.38. The molecule has 0 aliphatic carbocycles. The fourth-order valence-electron chi connectivity index (χ4n) is 1.82. The molecule has 4 N–H and O–H groups in total. The van der Waals surface area contributed by atoms with Crippen molar-refractivity contribution in [3.63, 3.8) is 0 Å². The molecule has 5 heteroatoms. The van der Waals surface area contributed by atoms with Crippen LogP contribution in [0.4, 0.5) is 11.6 Å². The quantitative estimate of drug-likeness (QED) is 0.758. The maximum Gasteiger partial charge on any atom is 0.207 e. The zero-order valence-corrected chi connectivity index (χ0v) is 10.6. The van der Waals surface area contributed by atoms with E-state index in [0.29, 0.717) is 16.4 Å². The highest BCUT2D eigenvalue weighted by Gasteiger charge is 2.06. The fraction of sp³-hybridized carbons (Fsp3) is 0.167. The molecule has 0 spiro atoms. The predicted octanol–water partition coefficient (Wildman–Crippen LogP) is 2.38.